The molecule has 28 heavy (non-hydrogen) atoms. The van der Waals surface area contributed by atoms with Gasteiger partial charge in [0.1, 0.15) is 5.82 Å². The summed E-state index contributed by atoms with van der Waals surface area (Å²) in [5.41, 5.74) is 1.26. The highest BCUT2D eigenvalue weighted by molar-refractivity contribution is 7.71. The zero-order valence-corrected chi connectivity index (χ0v) is 16.5. The van der Waals surface area contributed by atoms with Crippen LogP contribution in [0.2, 0.25) is 0 Å². The van der Waals surface area contributed by atoms with Crippen LogP contribution in [0.4, 0.5) is 5.13 Å². The summed E-state index contributed by atoms with van der Waals surface area (Å²) in [5, 5.41) is 14.5. The van der Waals surface area contributed by atoms with Crippen molar-refractivity contribution in [1.29, 1.82) is 0 Å². The predicted octanol–water partition coefficient (Wildman–Crippen LogP) is 2.54. The van der Waals surface area contributed by atoms with Crippen LogP contribution in [-0.2, 0) is 17.8 Å². The molecule has 0 aliphatic rings. The molecule has 0 aliphatic heterocycles. The average Bonchev–Trinajstić information content (AvgIpc) is 3.28. The molecule has 0 saturated heterocycles. The number of H-pyrrole nitrogens is 1. The largest absolute Gasteiger partial charge is 0.343 e. The maximum absolute atomic E-state index is 12.1. The van der Waals surface area contributed by atoms with Crippen molar-refractivity contribution >= 4 is 40.5 Å². The zero-order chi connectivity index (χ0) is 19.9. The lowest BCUT2D eigenvalue weighted by Gasteiger charge is -2.05. The second-order valence-corrected chi connectivity index (χ2v) is 7.01. The first-order chi connectivity index (χ1) is 13.6. The van der Waals surface area contributed by atoms with Crippen LogP contribution in [0.15, 0.2) is 48.4 Å². The van der Waals surface area contributed by atoms with Gasteiger partial charge in [0.15, 0.2) is 9.90 Å². The molecular weight excluding hydrogens is 396 g/mol. The van der Waals surface area contributed by atoms with Gasteiger partial charge < -0.3 is 10.6 Å². The van der Waals surface area contributed by atoms with E-state index in [1.807, 2.05) is 16.0 Å². The molecule has 2 amide bonds. The molecule has 0 bridgehead atoms. The average molecular weight is 415 g/mol. The third-order valence-electron chi connectivity index (χ3n) is 3.73. The molecule has 1 aromatic carbocycles. The second-order valence-electron chi connectivity index (χ2n) is 5.76. The van der Waals surface area contributed by atoms with Crippen LogP contribution in [0.3, 0.4) is 0 Å². The molecule has 144 valence electrons. The molecule has 0 atom stereocenters. The Bertz CT molecular complexity index is 1040. The number of hydrogen-bond acceptors (Lipinski definition) is 6. The molecule has 3 N–H and O–H groups in total. The van der Waals surface area contributed by atoms with Crippen LogP contribution in [0.25, 0.3) is 0 Å². The highest BCUT2D eigenvalue weighted by Gasteiger charge is 2.12. The molecule has 3 aromatic rings. The summed E-state index contributed by atoms with van der Waals surface area (Å²) in [7, 11) is 0. The van der Waals surface area contributed by atoms with Crippen LogP contribution in [0.5, 0.6) is 0 Å². The molecule has 0 aliphatic carbocycles. The Labute approximate surface area is 170 Å². The zero-order valence-electron chi connectivity index (χ0n) is 14.8. The van der Waals surface area contributed by atoms with Gasteiger partial charge in [-0.05, 0) is 24.4 Å². The minimum Gasteiger partial charge on any atom is -0.343 e. The van der Waals surface area contributed by atoms with Crippen molar-refractivity contribution in [3.63, 3.8) is 0 Å². The summed E-state index contributed by atoms with van der Waals surface area (Å²) in [6, 6.07) is 8.71. The van der Waals surface area contributed by atoms with Gasteiger partial charge in [-0.15, -0.1) is 17.9 Å². The topological polar surface area (TPSA) is 105 Å². The molecule has 10 heteroatoms. The fourth-order valence-corrected chi connectivity index (χ4v) is 3.38. The highest BCUT2D eigenvalue weighted by Crippen LogP contribution is 2.17. The molecule has 0 fully saturated rings. The molecule has 3 rings (SSSR count). The number of nitrogens with zero attached hydrogens (tertiary/aromatic N) is 3. The van der Waals surface area contributed by atoms with E-state index in [1.54, 1.807) is 30.3 Å². The fraction of sp³-hybridized carbons (Fsp3) is 0.167. The van der Waals surface area contributed by atoms with Crippen molar-refractivity contribution in [1.82, 2.24) is 25.1 Å². The van der Waals surface area contributed by atoms with E-state index in [2.05, 4.69) is 32.4 Å². The fourth-order valence-electron chi connectivity index (χ4n) is 2.43. The van der Waals surface area contributed by atoms with Gasteiger partial charge in [0.25, 0.3) is 5.91 Å². The van der Waals surface area contributed by atoms with E-state index >= 15 is 0 Å². The molecule has 0 radical (unpaired) electrons. The third kappa shape index (κ3) is 4.99. The molecule has 0 spiro atoms. The maximum atomic E-state index is 12.1. The van der Waals surface area contributed by atoms with E-state index in [1.165, 1.54) is 11.3 Å². The number of carbonyl (C=O) groups is 2. The Kier molecular flexibility index (Phi) is 6.45. The molecule has 2 aromatic heterocycles. The van der Waals surface area contributed by atoms with Crippen LogP contribution in [0.1, 0.15) is 21.9 Å². The van der Waals surface area contributed by atoms with Crippen molar-refractivity contribution in [3.8, 4) is 0 Å². The van der Waals surface area contributed by atoms with Crippen LogP contribution in [0, 0.1) is 4.77 Å². The van der Waals surface area contributed by atoms with E-state index in [0.29, 0.717) is 28.4 Å². The maximum Gasteiger partial charge on any atom is 0.251 e. The van der Waals surface area contributed by atoms with Crippen molar-refractivity contribution < 1.29 is 9.59 Å². The minimum atomic E-state index is -0.348. The van der Waals surface area contributed by atoms with Gasteiger partial charge in [-0.1, -0.05) is 24.3 Å². The molecule has 2 heterocycles. The van der Waals surface area contributed by atoms with Gasteiger partial charge in [-0.2, -0.15) is 5.10 Å². The molecule has 0 saturated carbocycles. The highest BCUT2D eigenvalue weighted by atomic mass is 32.1. The van der Waals surface area contributed by atoms with Gasteiger partial charge in [-0.3, -0.25) is 19.3 Å². The number of hydrogen-bond donors (Lipinski definition) is 3. The first kappa shape index (κ1) is 19.6. The van der Waals surface area contributed by atoms with Crippen molar-refractivity contribution in [3.05, 3.63) is 70.2 Å². The summed E-state index contributed by atoms with van der Waals surface area (Å²) >= 11 is 6.49. The monoisotopic (exact) mass is 414 g/mol. The Morgan fingerprint density at radius 1 is 1.32 bits per heavy atom. The number of nitrogens with one attached hydrogen (secondary N) is 3. The number of aromatic amines is 1. The van der Waals surface area contributed by atoms with E-state index in [-0.39, 0.29) is 18.4 Å². The van der Waals surface area contributed by atoms with Gasteiger partial charge in [-0.25, -0.2) is 4.98 Å². The van der Waals surface area contributed by atoms with Gasteiger partial charge in [0.05, 0.1) is 18.7 Å². The lowest BCUT2D eigenvalue weighted by Crippen LogP contribution is -2.32. The number of carbonyl (C=O) groups excluding carboxylic acids is 2. The Balaban J connectivity index is 1.54. The smallest absolute Gasteiger partial charge is 0.251 e. The standard InChI is InChI=1S/C18H18N6O2S2/c1-2-8-24-14(22-23-18(24)27)9-13-11-28-17(20-13)21-15(25)10-19-16(26)12-6-4-3-5-7-12/h2-7,11H,1,8-10H2,(H,19,26)(H,23,27)(H,20,21,25). The lowest BCUT2D eigenvalue weighted by molar-refractivity contribution is -0.115. The van der Waals surface area contributed by atoms with E-state index in [0.717, 1.165) is 11.5 Å². The van der Waals surface area contributed by atoms with Crippen molar-refractivity contribution in [2.75, 3.05) is 11.9 Å². The van der Waals surface area contributed by atoms with E-state index in [4.69, 9.17) is 12.2 Å². The number of aromatic nitrogens is 4. The molecular formula is C18H18N6O2S2. The second kappa shape index (κ2) is 9.20. The summed E-state index contributed by atoms with van der Waals surface area (Å²) in [6.07, 6.45) is 2.21. The SMILES string of the molecule is C=CCn1c(Cc2csc(NC(=O)CNC(=O)c3ccccc3)n2)n[nH]c1=S. The number of allylic oxidation sites excluding steroid dienone is 1. The number of thiazole rings is 1. The van der Waals surface area contributed by atoms with Crippen LogP contribution < -0.4 is 10.6 Å². The quantitative estimate of drug-likeness (QED) is 0.388. The van der Waals surface area contributed by atoms with Crippen LogP contribution in [-0.4, -0.2) is 38.1 Å². The Morgan fingerprint density at radius 2 is 2.11 bits per heavy atom. The number of rotatable bonds is 8. The molecule has 8 nitrogen and oxygen atoms in total. The molecule has 0 unspecified atom stereocenters. The van der Waals surface area contributed by atoms with E-state index in [9.17, 15) is 9.59 Å². The van der Waals surface area contributed by atoms with E-state index < -0.39 is 0 Å². The Morgan fingerprint density at radius 3 is 2.86 bits per heavy atom. The minimum absolute atomic E-state index is 0.138. The lowest BCUT2D eigenvalue weighted by atomic mass is 10.2. The number of amides is 2. The van der Waals surface area contributed by atoms with Gasteiger partial charge >= 0.3 is 0 Å². The number of anilines is 1. The summed E-state index contributed by atoms with van der Waals surface area (Å²) in [6.45, 7) is 4.13. The summed E-state index contributed by atoms with van der Waals surface area (Å²) in [4.78, 5) is 28.4. The first-order valence-corrected chi connectivity index (χ1v) is 9.68. The van der Waals surface area contributed by atoms with Crippen molar-refractivity contribution in [2.24, 2.45) is 0 Å². The normalized spacial score (nSPS) is 10.4. The number of benzene rings is 1. The van der Waals surface area contributed by atoms with Crippen LogP contribution >= 0.6 is 23.6 Å². The predicted molar refractivity (Wildman–Crippen MR) is 110 cm³/mol. The van der Waals surface area contributed by atoms with Gasteiger partial charge in [0.2, 0.25) is 5.91 Å². The first-order valence-electron chi connectivity index (χ1n) is 8.39. The van der Waals surface area contributed by atoms with Gasteiger partial charge in [0, 0.05) is 17.5 Å². The van der Waals surface area contributed by atoms with Crippen molar-refractivity contribution in [2.45, 2.75) is 13.0 Å². The Hall–Kier alpha value is -3.11. The summed E-state index contributed by atoms with van der Waals surface area (Å²) in [5.74, 6) is 0.0864. The third-order valence-corrected chi connectivity index (χ3v) is 4.85. The summed E-state index contributed by atoms with van der Waals surface area (Å²) < 4.78 is 2.35.